The van der Waals surface area contributed by atoms with Crippen LogP contribution in [0.5, 0.6) is 0 Å². The first-order valence-corrected chi connectivity index (χ1v) is 11.0. The summed E-state index contributed by atoms with van der Waals surface area (Å²) < 4.78 is 2.44. The number of aryl methyl sites for hydroxylation is 1. The van der Waals surface area contributed by atoms with Crippen LogP contribution in [0.2, 0.25) is 0 Å². The second kappa shape index (κ2) is 8.83. The number of aromatic nitrogens is 1. The Balaban J connectivity index is 1.38. The van der Waals surface area contributed by atoms with Crippen molar-refractivity contribution in [3.63, 3.8) is 0 Å². The molecule has 1 aliphatic rings. The lowest BCUT2D eigenvalue weighted by Gasteiger charge is -2.21. The second-order valence-corrected chi connectivity index (χ2v) is 7.83. The molecule has 3 heteroatoms. The van der Waals surface area contributed by atoms with Crippen LogP contribution in [0.1, 0.15) is 49.1 Å². The lowest BCUT2D eigenvalue weighted by Crippen LogP contribution is -2.22. The summed E-state index contributed by atoms with van der Waals surface area (Å²) in [6.45, 7) is 8.51. The summed E-state index contributed by atoms with van der Waals surface area (Å²) in [7, 11) is 0. The maximum absolute atomic E-state index is 3.67. The van der Waals surface area contributed by atoms with Crippen LogP contribution in [0.4, 0.5) is 5.69 Å². The molecule has 0 spiro atoms. The van der Waals surface area contributed by atoms with E-state index < -0.39 is 0 Å². The Labute approximate surface area is 169 Å². The maximum atomic E-state index is 3.67. The number of hydrogen-bond acceptors (Lipinski definition) is 2. The van der Waals surface area contributed by atoms with Crippen molar-refractivity contribution in [2.24, 2.45) is 0 Å². The Morgan fingerprint density at radius 1 is 0.964 bits per heavy atom. The molecule has 1 aromatic carbocycles. The van der Waals surface area contributed by atoms with E-state index >= 15 is 0 Å². The summed E-state index contributed by atoms with van der Waals surface area (Å²) in [5.74, 6) is 0. The largest absolute Gasteiger partial charge is 0.372 e. The topological polar surface area (TPSA) is 19.7 Å². The zero-order valence-corrected chi connectivity index (χ0v) is 17.4. The van der Waals surface area contributed by atoms with Gasteiger partial charge in [0.15, 0.2) is 0 Å². The number of anilines is 1. The molecule has 0 amide bonds. The summed E-state index contributed by atoms with van der Waals surface area (Å²) in [5, 5.41) is 3.67. The Morgan fingerprint density at radius 2 is 1.75 bits per heavy atom. The van der Waals surface area contributed by atoms with E-state index in [4.69, 9.17) is 0 Å². The lowest BCUT2D eigenvalue weighted by atomic mass is 9.93. The van der Waals surface area contributed by atoms with Crippen molar-refractivity contribution in [1.82, 2.24) is 9.72 Å². The Bertz CT molecular complexity index is 903. The molecule has 0 fully saturated rings. The molecule has 2 heterocycles. The van der Waals surface area contributed by atoms with Gasteiger partial charge in [0, 0.05) is 42.7 Å². The summed E-state index contributed by atoms with van der Waals surface area (Å²) in [5.41, 5.74) is 8.85. The molecule has 4 rings (SSSR count). The third-order valence-electron chi connectivity index (χ3n) is 6.21. The van der Waals surface area contributed by atoms with E-state index in [1.165, 1.54) is 42.5 Å². The van der Waals surface area contributed by atoms with Crippen LogP contribution in [-0.2, 0) is 25.8 Å². The molecule has 3 aromatic rings. The molecule has 0 saturated heterocycles. The summed E-state index contributed by atoms with van der Waals surface area (Å²) in [6.07, 6.45) is 8.50. The molecule has 0 radical (unpaired) electrons. The van der Waals surface area contributed by atoms with Gasteiger partial charge < -0.3 is 14.6 Å². The normalized spacial score (nSPS) is 13.6. The predicted octanol–water partition coefficient (Wildman–Crippen LogP) is 5.00. The first-order chi connectivity index (χ1) is 13.8. The molecule has 148 valence electrons. The van der Waals surface area contributed by atoms with Gasteiger partial charge in [0.2, 0.25) is 0 Å². The zero-order valence-electron chi connectivity index (χ0n) is 17.4. The quantitative estimate of drug-likeness (QED) is 0.559. The van der Waals surface area contributed by atoms with Crippen LogP contribution in [-0.4, -0.2) is 24.0 Å². The van der Waals surface area contributed by atoms with E-state index in [1.54, 1.807) is 16.8 Å². The predicted molar refractivity (Wildman–Crippen MR) is 119 cm³/mol. The van der Waals surface area contributed by atoms with Crippen LogP contribution in [0.3, 0.4) is 0 Å². The van der Waals surface area contributed by atoms with Gasteiger partial charge in [-0.05, 0) is 93.5 Å². The van der Waals surface area contributed by atoms with Gasteiger partial charge in [0.1, 0.15) is 0 Å². The van der Waals surface area contributed by atoms with E-state index in [9.17, 15) is 0 Å². The average molecular weight is 376 g/mol. The second-order valence-electron chi connectivity index (χ2n) is 7.83. The van der Waals surface area contributed by atoms with Gasteiger partial charge in [0.05, 0.1) is 0 Å². The fraction of sp³-hybridized carbons (Fsp3) is 0.440. The lowest BCUT2D eigenvalue weighted by molar-refractivity contribution is 0.656. The number of fused-ring (bicyclic) bond motifs is 3. The van der Waals surface area contributed by atoms with E-state index in [0.717, 1.165) is 32.6 Å². The van der Waals surface area contributed by atoms with Gasteiger partial charge in [-0.25, -0.2) is 0 Å². The highest BCUT2D eigenvalue weighted by molar-refractivity contribution is 5.62. The first-order valence-electron chi connectivity index (χ1n) is 11.0. The van der Waals surface area contributed by atoms with Gasteiger partial charge in [0.25, 0.3) is 0 Å². The van der Waals surface area contributed by atoms with Crippen LogP contribution in [0.25, 0.3) is 5.52 Å². The molecule has 0 unspecified atom stereocenters. The summed E-state index contributed by atoms with van der Waals surface area (Å²) in [4.78, 5) is 2.39. The minimum atomic E-state index is 0.937. The smallest absolute Gasteiger partial charge is 0.0488 e. The molecule has 0 atom stereocenters. The number of nitrogens with one attached hydrogen (secondary N) is 1. The number of rotatable bonds is 8. The molecule has 1 N–H and O–H groups in total. The fourth-order valence-corrected chi connectivity index (χ4v) is 4.70. The molecule has 2 aromatic heterocycles. The van der Waals surface area contributed by atoms with Crippen molar-refractivity contribution < 1.29 is 0 Å². The van der Waals surface area contributed by atoms with Crippen LogP contribution >= 0.6 is 0 Å². The van der Waals surface area contributed by atoms with Gasteiger partial charge in [-0.2, -0.15) is 0 Å². The Morgan fingerprint density at radius 3 is 2.54 bits per heavy atom. The third-order valence-corrected chi connectivity index (χ3v) is 6.21. The van der Waals surface area contributed by atoms with Crippen molar-refractivity contribution in [1.29, 1.82) is 0 Å². The molecule has 28 heavy (non-hydrogen) atoms. The van der Waals surface area contributed by atoms with Crippen molar-refractivity contribution in [3.8, 4) is 0 Å². The standard InChI is InChI=1S/C25H33N3/c1-3-27(4-2)21-14-12-20(13-15-21)19-26-17-16-23-22-9-5-6-10-24(22)28-18-8-7-11-25(23)28/h7-8,11-15,18,26H,3-6,9-10,16-17,19H2,1-2H3. The van der Waals surface area contributed by atoms with Crippen LogP contribution in [0, 0.1) is 0 Å². The molecule has 0 bridgehead atoms. The van der Waals surface area contributed by atoms with Gasteiger partial charge in [-0.15, -0.1) is 0 Å². The van der Waals surface area contributed by atoms with Gasteiger partial charge >= 0.3 is 0 Å². The molecule has 3 nitrogen and oxygen atoms in total. The number of benzene rings is 1. The maximum Gasteiger partial charge on any atom is 0.0488 e. The van der Waals surface area contributed by atoms with E-state index in [1.807, 2.05) is 0 Å². The highest BCUT2D eigenvalue weighted by atomic mass is 15.1. The van der Waals surface area contributed by atoms with Crippen molar-refractivity contribution in [3.05, 3.63) is 71.0 Å². The molecule has 1 aliphatic carbocycles. The monoisotopic (exact) mass is 375 g/mol. The summed E-state index contributed by atoms with van der Waals surface area (Å²) >= 11 is 0. The first kappa shape index (κ1) is 19.1. The highest BCUT2D eigenvalue weighted by Gasteiger charge is 2.19. The Kier molecular flexibility index (Phi) is 6.01. The minimum absolute atomic E-state index is 0.937. The van der Waals surface area contributed by atoms with Gasteiger partial charge in [-0.3, -0.25) is 0 Å². The SMILES string of the molecule is CCN(CC)c1ccc(CNCCc2c3c(n4ccccc24)CCCC3)cc1. The van der Waals surface area contributed by atoms with E-state index in [0.29, 0.717) is 0 Å². The highest BCUT2D eigenvalue weighted by Crippen LogP contribution is 2.30. The number of hydrogen-bond donors (Lipinski definition) is 1. The van der Waals surface area contributed by atoms with E-state index in [-0.39, 0.29) is 0 Å². The van der Waals surface area contributed by atoms with E-state index in [2.05, 4.69) is 77.1 Å². The third kappa shape index (κ3) is 3.81. The molecular formula is C25H33N3. The number of pyridine rings is 1. The van der Waals surface area contributed by atoms with Crippen LogP contribution in [0.15, 0.2) is 48.7 Å². The molecule has 0 aliphatic heterocycles. The number of nitrogens with zero attached hydrogens (tertiary/aromatic N) is 2. The van der Waals surface area contributed by atoms with Crippen LogP contribution < -0.4 is 10.2 Å². The van der Waals surface area contributed by atoms with Crippen molar-refractivity contribution >= 4 is 11.2 Å². The average Bonchev–Trinajstić information content (AvgIpc) is 3.07. The van der Waals surface area contributed by atoms with Crippen molar-refractivity contribution in [2.45, 2.75) is 52.5 Å². The Hall–Kier alpha value is -2.26. The molecule has 0 saturated carbocycles. The fourth-order valence-electron chi connectivity index (χ4n) is 4.70. The minimum Gasteiger partial charge on any atom is -0.372 e. The van der Waals surface area contributed by atoms with Crippen molar-refractivity contribution in [2.75, 3.05) is 24.5 Å². The zero-order chi connectivity index (χ0) is 19.3. The van der Waals surface area contributed by atoms with Gasteiger partial charge in [-0.1, -0.05) is 18.2 Å². The summed E-state index contributed by atoms with van der Waals surface area (Å²) in [6, 6.07) is 15.6. The molecular weight excluding hydrogens is 342 g/mol.